The van der Waals surface area contributed by atoms with Crippen molar-refractivity contribution in [1.29, 1.82) is 0 Å². The molecule has 1 rings (SSSR count). The van der Waals surface area contributed by atoms with E-state index in [-0.39, 0.29) is 6.29 Å². The zero-order valence-electron chi connectivity index (χ0n) is 3.09. The van der Waals surface area contributed by atoms with E-state index in [4.69, 9.17) is 0 Å². The SMILES string of the molecule is O=CCC1OO1. The van der Waals surface area contributed by atoms with E-state index in [1.54, 1.807) is 0 Å². The Morgan fingerprint density at radius 1 is 1.67 bits per heavy atom. The fourth-order valence-corrected chi connectivity index (χ4v) is 0.196. The van der Waals surface area contributed by atoms with E-state index >= 15 is 0 Å². The molecule has 0 radical (unpaired) electrons. The molecule has 0 aromatic carbocycles. The van der Waals surface area contributed by atoms with Gasteiger partial charge in [-0.25, -0.2) is 0 Å². The maximum Gasteiger partial charge on any atom is 0.231 e. The molecular formula is C3H4O3. The van der Waals surface area contributed by atoms with Gasteiger partial charge in [0.25, 0.3) is 0 Å². The average molecular weight is 88.1 g/mol. The molecule has 1 aliphatic heterocycles. The molecule has 0 aliphatic carbocycles. The van der Waals surface area contributed by atoms with Crippen molar-refractivity contribution in [2.75, 3.05) is 0 Å². The Bertz CT molecular complexity index is 57.1. The molecule has 0 aromatic rings. The van der Waals surface area contributed by atoms with Crippen LogP contribution in [0.5, 0.6) is 0 Å². The van der Waals surface area contributed by atoms with Crippen LogP contribution >= 0.6 is 0 Å². The standard InChI is InChI=1S/C3H4O3/c4-2-1-3-5-6-3/h2-3H,1H2. The van der Waals surface area contributed by atoms with Crippen molar-refractivity contribution >= 4 is 6.29 Å². The van der Waals surface area contributed by atoms with E-state index in [0.717, 1.165) is 6.29 Å². The van der Waals surface area contributed by atoms with Crippen LogP contribution in [-0.4, -0.2) is 12.6 Å². The molecule has 0 bridgehead atoms. The minimum atomic E-state index is -0.220. The smallest absolute Gasteiger partial charge is 0.231 e. The van der Waals surface area contributed by atoms with Crippen LogP contribution in [0.25, 0.3) is 0 Å². The van der Waals surface area contributed by atoms with E-state index in [9.17, 15) is 4.79 Å². The Morgan fingerprint density at radius 2 is 2.33 bits per heavy atom. The van der Waals surface area contributed by atoms with E-state index in [1.807, 2.05) is 0 Å². The maximum absolute atomic E-state index is 9.50. The van der Waals surface area contributed by atoms with Gasteiger partial charge in [-0.3, -0.25) is 0 Å². The lowest BCUT2D eigenvalue weighted by Crippen LogP contribution is -1.81. The number of aldehydes is 1. The first kappa shape index (κ1) is 3.77. The second-order valence-electron chi connectivity index (χ2n) is 1.02. The molecule has 0 amide bonds. The summed E-state index contributed by atoms with van der Waals surface area (Å²) in [5.74, 6) is 0. The van der Waals surface area contributed by atoms with Crippen molar-refractivity contribution in [1.82, 2.24) is 0 Å². The predicted octanol–water partition coefficient (Wildman–Crippen LogP) is -0.137. The first-order valence-corrected chi connectivity index (χ1v) is 1.69. The van der Waals surface area contributed by atoms with E-state index in [1.165, 1.54) is 0 Å². The summed E-state index contributed by atoms with van der Waals surface area (Å²) < 4.78 is 0. The highest BCUT2D eigenvalue weighted by Crippen LogP contribution is 2.13. The van der Waals surface area contributed by atoms with Gasteiger partial charge in [-0.15, -0.1) is 0 Å². The lowest BCUT2D eigenvalue weighted by Gasteiger charge is -1.63. The van der Waals surface area contributed by atoms with Gasteiger partial charge in [0, 0.05) is 0 Å². The molecule has 6 heavy (non-hydrogen) atoms. The molecule has 3 heteroatoms. The van der Waals surface area contributed by atoms with Crippen molar-refractivity contribution in [2.24, 2.45) is 0 Å². The quantitative estimate of drug-likeness (QED) is 0.268. The third-order valence-corrected chi connectivity index (χ3v) is 0.521. The minimum absolute atomic E-state index is 0.220. The average Bonchev–Trinajstić information content (AvgIpc) is 2.21. The molecule has 34 valence electrons. The number of hydrogen-bond acceptors (Lipinski definition) is 3. The zero-order valence-corrected chi connectivity index (χ0v) is 3.09. The number of carbonyl (C=O) groups is 1. The molecule has 1 heterocycles. The Kier molecular flexibility index (Phi) is 0.856. The normalized spacial score (nSPS) is 20.7. The van der Waals surface area contributed by atoms with E-state index < -0.39 is 0 Å². The second kappa shape index (κ2) is 1.36. The Hall–Kier alpha value is -0.410. The van der Waals surface area contributed by atoms with Gasteiger partial charge in [0.1, 0.15) is 6.29 Å². The fraction of sp³-hybridized carbons (Fsp3) is 0.667. The van der Waals surface area contributed by atoms with Crippen LogP contribution in [0.1, 0.15) is 6.42 Å². The molecule has 1 fully saturated rings. The molecule has 3 nitrogen and oxygen atoms in total. The van der Waals surface area contributed by atoms with Crippen LogP contribution in [0.2, 0.25) is 0 Å². The molecule has 0 aromatic heterocycles. The van der Waals surface area contributed by atoms with Crippen molar-refractivity contribution in [2.45, 2.75) is 12.7 Å². The van der Waals surface area contributed by atoms with Crippen molar-refractivity contribution in [3.05, 3.63) is 0 Å². The monoisotopic (exact) mass is 88.0 g/mol. The molecular weight excluding hydrogens is 84.0 g/mol. The van der Waals surface area contributed by atoms with Crippen molar-refractivity contribution in [3.8, 4) is 0 Å². The van der Waals surface area contributed by atoms with Gasteiger partial charge in [-0.05, 0) is 0 Å². The van der Waals surface area contributed by atoms with Gasteiger partial charge in [0.15, 0.2) is 0 Å². The minimum Gasteiger partial charge on any atom is -0.303 e. The largest absolute Gasteiger partial charge is 0.303 e. The lowest BCUT2D eigenvalue weighted by molar-refractivity contribution is -0.108. The third kappa shape index (κ3) is 0.771. The summed E-state index contributed by atoms with van der Waals surface area (Å²) in [7, 11) is 0. The predicted molar refractivity (Wildman–Crippen MR) is 16.6 cm³/mol. The summed E-state index contributed by atoms with van der Waals surface area (Å²) >= 11 is 0. The molecule has 0 unspecified atom stereocenters. The molecule has 0 saturated carbocycles. The van der Waals surface area contributed by atoms with Gasteiger partial charge < -0.3 is 4.79 Å². The summed E-state index contributed by atoms with van der Waals surface area (Å²) in [4.78, 5) is 17.9. The Labute approximate surface area is 34.8 Å². The topological polar surface area (TPSA) is 42.1 Å². The van der Waals surface area contributed by atoms with E-state index in [0.29, 0.717) is 6.42 Å². The molecule has 0 N–H and O–H groups in total. The third-order valence-electron chi connectivity index (χ3n) is 0.521. The Morgan fingerprint density at radius 3 is 2.50 bits per heavy atom. The highest BCUT2D eigenvalue weighted by Gasteiger charge is 2.24. The van der Waals surface area contributed by atoms with Crippen LogP contribution in [-0.2, 0) is 14.6 Å². The van der Waals surface area contributed by atoms with Gasteiger partial charge in [-0.1, -0.05) is 0 Å². The van der Waals surface area contributed by atoms with Gasteiger partial charge in [0.2, 0.25) is 6.29 Å². The van der Waals surface area contributed by atoms with Crippen molar-refractivity contribution < 1.29 is 14.6 Å². The van der Waals surface area contributed by atoms with Gasteiger partial charge >= 0.3 is 0 Å². The zero-order chi connectivity index (χ0) is 4.41. The van der Waals surface area contributed by atoms with E-state index in [2.05, 4.69) is 9.78 Å². The highest BCUT2D eigenvalue weighted by molar-refractivity contribution is 5.49. The van der Waals surface area contributed by atoms with Crippen molar-refractivity contribution in [3.63, 3.8) is 0 Å². The fourth-order valence-electron chi connectivity index (χ4n) is 0.196. The summed E-state index contributed by atoms with van der Waals surface area (Å²) in [5, 5.41) is 0. The number of hydrogen-bond donors (Lipinski definition) is 0. The molecule has 1 saturated heterocycles. The first-order chi connectivity index (χ1) is 2.93. The molecule has 1 aliphatic rings. The highest BCUT2D eigenvalue weighted by atomic mass is 17.4. The van der Waals surface area contributed by atoms with Gasteiger partial charge in [-0.2, -0.15) is 9.78 Å². The lowest BCUT2D eigenvalue weighted by atomic mass is 10.5. The molecule has 0 atom stereocenters. The summed E-state index contributed by atoms with van der Waals surface area (Å²) in [6.45, 7) is 0. The summed E-state index contributed by atoms with van der Waals surface area (Å²) in [5.41, 5.74) is 0. The second-order valence-corrected chi connectivity index (χ2v) is 1.02. The number of rotatable bonds is 2. The Balaban J connectivity index is 2.00. The number of carbonyl (C=O) groups excluding carboxylic acids is 1. The maximum atomic E-state index is 9.50. The van der Waals surface area contributed by atoms with Crippen LogP contribution in [0.15, 0.2) is 0 Å². The summed E-state index contributed by atoms with van der Waals surface area (Å²) in [6, 6.07) is 0. The van der Waals surface area contributed by atoms with Crippen LogP contribution in [0, 0.1) is 0 Å². The summed E-state index contributed by atoms with van der Waals surface area (Å²) in [6.07, 6.45) is 0.903. The van der Waals surface area contributed by atoms with Crippen LogP contribution in [0.3, 0.4) is 0 Å². The van der Waals surface area contributed by atoms with Crippen LogP contribution < -0.4 is 0 Å². The first-order valence-electron chi connectivity index (χ1n) is 1.69. The van der Waals surface area contributed by atoms with Gasteiger partial charge in [0.05, 0.1) is 6.42 Å². The van der Waals surface area contributed by atoms with Crippen LogP contribution in [0.4, 0.5) is 0 Å². The molecule has 0 spiro atoms.